The number of aryl methyl sites for hydroxylation is 1. The smallest absolute Gasteiger partial charge is 0.0424 e. The van der Waals surface area contributed by atoms with Gasteiger partial charge in [0.15, 0.2) is 0 Å². The first-order valence-electron chi connectivity index (χ1n) is 6.96. The monoisotopic (exact) mass is 248 g/mol. The quantitative estimate of drug-likeness (QED) is 0.836. The first-order chi connectivity index (χ1) is 8.40. The van der Waals surface area contributed by atoms with Crippen molar-refractivity contribution in [3.05, 3.63) is 35.4 Å². The Morgan fingerprint density at radius 3 is 2.00 bits per heavy atom. The summed E-state index contributed by atoms with van der Waals surface area (Å²) in [5.74, 6) is 0.678. The molecule has 0 saturated carbocycles. The van der Waals surface area contributed by atoms with Crippen LogP contribution in [-0.4, -0.2) is 24.0 Å². The van der Waals surface area contributed by atoms with E-state index in [9.17, 15) is 0 Å². The van der Waals surface area contributed by atoms with Crippen molar-refractivity contribution < 1.29 is 0 Å². The van der Waals surface area contributed by atoms with E-state index in [-0.39, 0.29) is 6.04 Å². The second kappa shape index (κ2) is 6.91. The van der Waals surface area contributed by atoms with Crippen LogP contribution in [0.15, 0.2) is 24.3 Å². The molecular formula is C16H28N2. The minimum Gasteiger partial charge on any atom is -0.323 e. The summed E-state index contributed by atoms with van der Waals surface area (Å²) in [5, 5.41) is 0. The summed E-state index contributed by atoms with van der Waals surface area (Å²) in [4.78, 5) is 2.47. The number of nitrogens with two attached hydrogens (primary N) is 1. The molecule has 0 aliphatic carbocycles. The zero-order valence-corrected chi connectivity index (χ0v) is 12.5. The second-order valence-electron chi connectivity index (χ2n) is 5.96. The van der Waals surface area contributed by atoms with Crippen LogP contribution < -0.4 is 5.73 Å². The van der Waals surface area contributed by atoms with E-state index in [0.29, 0.717) is 12.0 Å². The van der Waals surface area contributed by atoms with Crippen LogP contribution in [0.3, 0.4) is 0 Å². The van der Waals surface area contributed by atoms with E-state index in [1.54, 1.807) is 0 Å². The third-order valence-corrected chi connectivity index (χ3v) is 3.27. The molecule has 0 radical (unpaired) electrons. The minimum atomic E-state index is 0.103. The molecule has 1 unspecified atom stereocenters. The van der Waals surface area contributed by atoms with Gasteiger partial charge in [-0.1, -0.05) is 43.7 Å². The lowest BCUT2D eigenvalue weighted by atomic mass is 10.0. The van der Waals surface area contributed by atoms with Gasteiger partial charge in [-0.25, -0.2) is 0 Å². The van der Waals surface area contributed by atoms with Gasteiger partial charge in [-0.2, -0.15) is 0 Å². The van der Waals surface area contributed by atoms with Crippen molar-refractivity contribution in [1.82, 2.24) is 4.90 Å². The van der Waals surface area contributed by atoms with Crippen molar-refractivity contribution in [1.29, 1.82) is 0 Å². The van der Waals surface area contributed by atoms with Gasteiger partial charge in [0.05, 0.1) is 0 Å². The molecule has 2 heteroatoms. The van der Waals surface area contributed by atoms with Crippen molar-refractivity contribution in [2.24, 2.45) is 11.7 Å². The van der Waals surface area contributed by atoms with E-state index >= 15 is 0 Å². The fourth-order valence-electron chi connectivity index (χ4n) is 2.14. The van der Waals surface area contributed by atoms with E-state index < -0.39 is 0 Å². The molecule has 2 nitrogen and oxygen atoms in total. The highest BCUT2D eigenvalue weighted by Gasteiger charge is 2.16. The predicted octanol–water partition coefficient (Wildman–Crippen LogP) is 3.36. The number of benzene rings is 1. The van der Waals surface area contributed by atoms with Crippen LogP contribution in [0.1, 0.15) is 44.9 Å². The lowest BCUT2D eigenvalue weighted by molar-refractivity contribution is 0.186. The summed E-state index contributed by atoms with van der Waals surface area (Å²) in [5.41, 5.74) is 8.84. The maximum absolute atomic E-state index is 6.32. The van der Waals surface area contributed by atoms with E-state index in [2.05, 4.69) is 63.8 Å². The fourth-order valence-corrected chi connectivity index (χ4v) is 2.14. The first-order valence-corrected chi connectivity index (χ1v) is 6.96. The van der Waals surface area contributed by atoms with Crippen molar-refractivity contribution in [2.45, 2.75) is 46.7 Å². The van der Waals surface area contributed by atoms with Crippen LogP contribution in [0.5, 0.6) is 0 Å². The lowest BCUT2D eigenvalue weighted by Gasteiger charge is -2.30. The largest absolute Gasteiger partial charge is 0.323 e. The van der Waals surface area contributed by atoms with E-state index in [1.165, 1.54) is 11.1 Å². The van der Waals surface area contributed by atoms with Crippen molar-refractivity contribution >= 4 is 0 Å². The Kier molecular flexibility index (Phi) is 5.83. The molecule has 1 atom stereocenters. The van der Waals surface area contributed by atoms with Gasteiger partial charge in [-0.15, -0.1) is 0 Å². The highest BCUT2D eigenvalue weighted by atomic mass is 15.2. The Balaban J connectivity index is 2.65. The Morgan fingerprint density at radius 2 is 1.56 bits per heavy atom. The average molecular weight is 248 g/mol. The molecule has 0 aromatic heterocycles. The maximum Gasteiger partial charge on any atom is 0.0424 e. The zero-order valence-electron chi connectivity index (χ0n) is 12.5. The highest BCUT2D eigenvalue weighted by molar-refractivity contribution is 5.24. The van der Waals surface area contributed by atoms with Crippen molar-refractivity contribution in [2.75, 3.05) is 13.1 Å². The van der Waals surface area contributed by atoms with E-state index in [1.807, 2.05) is 0 Å². The average Bonchev–Trinajstić information content (AvgIpc) is 2.28. The molecule has 2 N–H and O–H groups in total. The molecule has 0 aliphatic rings. The predicted molar refractivity (Wildman–Crippen MR) is 79.7 cm³/mol. The number of hydrogen-bond acceptors (Lipinski definition) is 2. The van der Waals surface area contributed by atoms with Crippen molar-refractivity contribution in [3.63, 3.8) is 0 Å². The van der Waals surface area contributed by atoms with Gasteiger partial charge in [-0.3, -0.25) is 4.90 Å². The Hall–Kier alpha value is -0.860. The van der Waals surface area contributed by atoms with Crippen LogP contribution in [0.25, 0.3) is 0 Å². The van der Waals surface area contributed by atoms with Gasteiger partial charge >= 0.3 is 0 Å². The molecule has 0 bridgehead atoms. The summed E-state index contributed by atoms with van der Waals surface area (Å²) in [6.45, 7) is 13.1. The van der Waals surface area contributed by atoms with Gasteiger partial charge in [0, 0.05) is 25.2 Å². The minimum absolute atomic E-state index is 0.103. The molecule has 0 spiro atoms. The number of hydrogen-bond donors (Lipinski definition) is 1. The number of rotatable bonds is 6. The Bertz CT molecular complexity index is 341. The molecule has 0 heterocycles. The van der Waals surface area contributed by atoms with Gasteiger partial charge in [0.25, 0.3) is 0 Å². The summed E-state index contributed by atoms with van der Waals surface area (Å²) in [6.07, 6.45) is 0. The summed E-state index contributed by atoms with van der Waals surface area (Å²) >= 11 is 0. The maximum atomic E-state index is 6.32. The van der Waals surface area contributed by atoms with Gasteiger partial charge in [0.2, 0.25) is 0 Å². The second-order valence-corrected chi connectivity index (χ2v) is 5.96. The van der Waals surface area contributed by atoms with Crippen LogP contribution in [0.2, 0.25) is 0 Å². The van der Waals surface area contributed by atoms with Crippen LogP contribution >= 0.6 is 0 Å². The summed E-state index contributed by atoms with van der Waals surface area (Å²) in [6, 6.07) is 9.21. The normalized spacial score (nSPS) is 13.6. The molecule has 0 aliphatic heterocycles. The molecule has 0 fully saturated rings. The van der Waals surface area contributed by atoms with Crippen LogP contribution in [-0.2, 0) is 0 Å². The van der Waals surface area contributed by atoms with Gasteiger partial charge in [-0.05, 0) is 32.3 Å². The Labute approximate surface area is 112 Å². The molecule has 18 heavy (non-hydrogen) atoms. The van der Waals surface area contributed by atoms with Gasteiger partial charge < -0.3 is 5.73 Å². The van der Waals surface area contributed by atoms with Gasteiger partial charge in [0.1, 0.15) is 0 Å². The molecule has 1 aromatic rings. The highest BCUT2D eigenvalue weighted by Crippen LogP contribution is 2.15. The molecule has 0 saturated heterocycles. The third-order valence-electron chi connectivity index (χ3n) is 3.27. The molecule has 1 rings (SSSR count). The van der Waals surface area contributed by atoms with E-state index in [4.69, 9.17) is 5.73 Å². The standard InChI is InChI=1S/C16H28N2/c1-12(2)10-18(13(3)4)11-16(17)15-8-6-14(5)7-9-15/h6-9,12-13,16H,10-11,17H2,1-5H3. The van der Waals surface area contributed by atoms with Crippen LogP contribution in [0, 0.1) is 12.8 Å². The SMILES string of the molecule is Cc1ccc(C(N)CN(CC(C)C)C(C)C)cc1. The zero-order chi connectivity index (χ0) is 13.7. The molecular weight excluding hydrogens is 220 g/mol. The Morgan fingerprint density at radius 1 is 1.00 bits per heavy atom. The number of nitrogens with zero attached hydrogens (tertiary/aromatic N) is 1. The summed E-state index contributed by atoms with van der Waals surface area (Å²) in [7, 11) is 0. The molecule has 0 amide bonds. The van der Waals surface area contributed by atoms with Crippen LogP contribution in [0.4, 0.5) is 0 Å². The molecule has 102 valence electrons. The lowest BCUT2D eigenvalue weighted by Crippen LogP contribution is -2.39. The fraction of sp³-hybridized carbons (Fsp3) is 0.625. The molecule has 1 aromatic carbocycles. The topological polar surface area (TPSA) is 29.3 Å². The summed E-state index contributed by atoms with van der Waals surface area (Å²) < 4.78 is 0. The van der Waals surface area contributed by atoms with Crippen molar-refractivity contribution in [3.8, 4) is 0 Å². The third kappa shape index (κ3) is 4.79. The first kappa shape index (κ1) is 15.2. The van der Waals surface area contributed by atoms with E-state index in [0.717, 1.165) is 13.1 Å².